The summed E-state index contributed by atoms with van der Waals surface area (Å²) in [4.78, 5) is 0. The molecule has 98 valence electrons. The lowest BCUT2D eigenvalue weighted by atomic mass is 10.0. The van der Waals surface area contributed by atoms with E-state index in [1.165, 1.54) is 30.4 Å². The summed E-state index contributed by atoms with van der Waals surface area (Å²) in [6.07, 6.45) is 4.12. The van der Waals surface area contributed by atoms with Crippen LogP contribution in [0.4, 0.5) is 0 Å². The third kappa shape index (κ3) is 2.76. The van der Waals surface area contributed by atoms with Gasteiger partial charge in [-0.3, -0.25) is 0 Å². The summed E-state index contributed by atoms with van der Waals surface area (Å²) in [5.41, 5.74) is 8.74. The molecule has 2 nitrogen and oxygen atoms in total. The molecule has 0 aromatic heterocycles. The summed E-state index contributed by atoms with van der Waals surface area (Å²) in [5.74, 6) is 2.63. The van der Waals surface area contributed by atoms with Gasteiger partial charge in [0.05, 0.1) is 0 Å². The molecule has 2 aliphatic carbocycles. The normalized spacial score (nSPS) is 28.1. The van der Waals surface area contributed by atoms with E-state index in [9.17, 15) is 0 Å². The van der Waals surface area contributed by atoms with E-state index < -0.39 is 0 Å². The zero-order chi connectivity index (χ0) is 12.5. The van der Waals surface area contributed by atoms with Crippen LogP contribution in [0.25, 0.3) is 0 Å². The van der Waals surface area contributed by atoms with Crippen molar-refractivity contribution in [3.05, 3.63) is 35.4 Å². The Morgan fingerprint density at radius 3 is 2.44 bits per heavy atom. The topological polar surface area (TPSA) is 38.0 Å². The summed E-state index contributed by atoms with van der Waals surface area (Å²) in [7, 11) is 0. The number of hydrogen-bond donors (Lipinski definition) is 2. The predicted octanol–water partition coefficient (Wildman–Crippen LogP) is 2.81. The highest BCUT2D eigenvalue weighted by atomic mass is 14.9. The fraction of sp³-hybridized carbons (Fsp3) is 0.625. The lowest BCUT2D eigenvalue weighted by Gasteiger charge is -2.17. The van der Waals surface area contributed by atoms with Gasteiger partial charge in [-0.1, -0.05) is 31.2 Å². The molecule has 3 N–H and O–H groups in total. The van der Waals surface area contributed by atoms with Gasteiger partial charge < -0.3 is 11.1 Å². The van der Waals surface area contributed by atoms with Crippen molar-refractivity contribution >= 4 is 0 Å². The first-order chi connectivity index (χ1) is 8.78. The lowest BCUT2D eigenvalue weighted by Crippen LogP contribution is -2.30. The molecule has 3 atom stereocenters. The van der Waals surface area contributed by atoms with Crippen LogP contribution in [0.5, 0.6) is 0 Å². The molecule has 3 rings (SSSR count). The first-order valence-electron chi connectivity index (χ1n) is 7.31. The highest BCUT2D eigenvalue weighted by Crippen LogP contribution is 2.40. The molecular formula is C16H24N2. The second-order valence-corrected chi connectivity index (χ2v) is 6.11. The Morgan fingerprint density at radius 2 is 1.94 bits per heavy atom. The highest BCUT2D eigenvalue weighted by Gasteiger charge is 2.32. The van der Waals surface area contributed by atoms with E-state index in [0.717, 1.165) is 24.3 Å². The molecule has 18 heavy (non-hydrogen) atoms. The molecule has 0 spiro atoms. The van der Waals surface area contributed by atoms with Gasteiger partial charge in [-0.15, -0.1) is 0 Å². The van der Waals surface area contributed by atoms with Crippen LogP contribution in [0.2, 0.25) is 0 Å². The van der Waals surface area contributed by atoms with Crippen LogP contribution in [0.15, 0.2) is 24.3 Å². The second-order valence-electron chi connectivity index (χ2n) is 6.11. The average Bonchev–Trinajstić information content (AvgIpc) is 3.28. The Kier molecular flexibility index (Phi) is 3.40. The van der Waals surface area contributed by atoms with Gasteiger partial charge in [0.15, 0.2) is 0 Å². The molecule has 3 unspecified atom stereocenters. The van der Waals surface area contributed by atoms with Gasteiger partial charge in [-0.2, -0.15) is 0 Å². The Morgan fingerprint density at radius 1 is 1.28 bits per heavy atom. The molecule has 0 radical (unpaired) electrons. The van der Waals surface area contributed by atoms with Gasteiger partial charge in [0.2, 0.25) is 0 Å². The van der Waals surface area contributed by atoms with Gasteiger partial charge in [0, 0.05) is 12.6 Å². The van der Waals surface area contributed by atoms with Crippen molar-refractivity contribution in [3.8, 4) is 0 Å². The van der Waals surface area contributed by atoms with Crippen LogP contribution in [0.3, 0.4) is 0 Å². The largest absolute Gasteiger partial charge is 0.329 e. The van der Waals surface area contributed by atoms with Crippen LogP contribution in [0.1, 0.15) is 49.3 Å². The highest BCUT2D eigenvalue weighted by molar-refractivity contribution is 5.29. The smallest absolute Gasteiger partial charge is 0.0444 e. The molecule has 0 bridgehead atoms. The monoisotopic (exact) mass is 244 g/mol. The van der Waals surface area contributed by atoms with Gasteiger partial charge in [-0.05, 0) is 54.7 Å². The van der Waals surface area contributed by atoms with Gasteiger partial charge in [-0.25, -0.2) is 0 Å². The maximum Gasteiger partial charge on any atom is 0.0444 e. The third-order valence-electron chi connectivity index (χ3n) is 4.53. The summed E-state index contributed by atoms with van der Waals surface area (Å²) >= 11 is 0. The van der Waals surface area contributed by atoms with Crippen molar-refractivity contribution in [1.29, 1.82) is 0 Å². The number of nitrogens with two attached hydrogens (primary N) is 1. The van der Waals surface area contributed by atoms with Crippen molar-refractivity contribution in [2.45, 2.75) is 38.1 Å². The van der Waals surface area contributed by atoms with Crippen molar-refractivity contribution in [3.63, 3.8) is 0 Å². The maximum absolute atomic E-state index is 5.89. The van der Waals surface area contributed by atoms with Crippen molar-refractivity contribution in [2.75, 3.05) is 13.1 Å². The number of rotatable bonds is 6. The summed E-state index contributed by atoms with van der Waals surface area (Å²) in [5, 5.41) is 3.62. The van der Waals surface area contributed by atoms with Gasteiger partial charge in [0.1, 0.15) is 0 Å². The maximum atomic E-state index is 5.89. The molecule has 0 heterocycles. The molecule has 1 aromatic rings. The van der Waals surface area contributed by atoms with Gasteiger partial charge in [0.25, 0.3) is 0 Å². The van der Waals surface area contributed by atoms with E-state index in [1.54, 1.807) is 0 Å². The van der Waals surface area contributed by atoms with Crippen LogP contribution in [-0.2, 0) is 0 Å². The van der Waals surface area contributed by atoms with Crippen LogP contribution < -0.4 is 11.1 Å². The Hall–Kier alpha value is -0.860. The molecular weight excluding hydrogens is 220 g/mol. The van der Waals surface area contributed by atoms with Crippen molar-refractivity contribution < 1.29 is 0 Å². The minimum absolute atomic E-state index is 0.325. The number of nitrogens with one attached hydrogen (secondary N) is 1. The zero-order valence-electron chi connectivity index (χ0n) is 11.2. The van der Waals surface area contributed by atoms with Crippen LogP contribution in [-0.4, -0.2) is 13.1 Å². The molecule has 0 aliphatic heterocycles. The fourth-order valence-electron chi connectivity index (χ4n) is 2.73. The van der Waals surface area contributed by atoms with Crippen LogP contribution >= 0.6 is 0 Å². The fourth-order valence-corrected chi connectivity index (χ4v) is 2.73. The van der Waals surface area contributed by atoms with E-state index in [1.807, 2.05) is 0 Å². The quantitative estimate of drug-likeness (QED) is 0.807. The minimum Gasteiger partial charge on any atom is -0.329 e. The summed E-state index contributed by atoms with van der Waals surface area (Å²) in [6.45, 7) is 4.13. The molecule has 0 saturated heterocycles. The Labute approximate surface area is 110 Å². The SMILES string of the molecule is CC1CC1CNC(CN)c1ccc(C2CC2)cc1. The molecule has 1 aromatic carbocycles. The molecule has 2 fully saturated rings. The Bertz CT molecular complexity index is 394. The van der Waals surface area contributed by atoms with Gasteiger partial charge >= 0.3 is 0 Å². The van der Waals surface area contributed by atoms with E-state index in [2.05, 4.69) is 36.5 Å². The minimum atomic E-state index is 0.325. The van der Waals surface area contributed by atoms with Crippen molar-refractivity contribution in [1.82, 2.24) is 5.32 Å². The predicted molar refractivity (Wildman–Crippen MR) is 75.5 cm³/mol. The first-order valence-corrected chi connectivity index (χ1v) is 7.31. The molecule has 2 aliphatic rings. The lowest BCUT2D eigenvalue weighted by molar-refractivity contribution is 0.511. The first kappa shape index (κ1) is 12.2. The average molecular weight is 244 g/mol. The third-order valence-corrected chi connectivity index (χ3v) is 4.53. The number of hydrogen-bond acceptors (Lipinski definition) is 2. The summed E-state index contributed by atoms with van der Waals surface area (Å²) in [6, 6.07) is 9.42. The van der Waals surface area contributed by atoms with E-state index in [-0.39, 0.29) is 0 Å². The van der Waals surface area contributed by atoms with E-state index in [0.29, 0.717) is 12.6 Å². The molecule has 2 heteroatoms. The van der Waals surface area contributed by atoms with E-state index >= 15 is 0 Å². The number of benzene rings is 1. The molecule has 0 amide bonds. The molecule has 2 saturated carbocycles. The summed E-state index contributed by atoms with van der Waals surface area (Å²) < 4.78 is 0. The zero-order valence-corrected chi connectivity index (χ0v) is 11.2. The standard InChI is InChI=1S/C16H24N2/c1-11-8-15(11)10-18-16(9-17)14-6-4-13(5-7-14)12-2-3-12/h4-7,11-12,15-16,18H,2-3,8-10,17H2,1H3. The Balaban J connectivity index is 1.58. The van der Waals surface area contributed by atoms with Crippen molar-refractivity contribution in [2.24, 2.45) is 17.6 Å². The van der Waals surface area contributed by atoms with E-state index in [4.69, 9.17) is 5.73 Å². The van der Waals surface area contributed by atoms with Crippen LogP contribution in [0, 0.1) is 11.8 Å². The second kappa shape index (κ2) is 5.02.